The molecule has 1 N–H and O–H groups in total. The molecule has 3 heteroatoms. The fraction of sp³-hybridized carbons (Fsp3) is 0.381. The molecule has 3 nitrogen and oxygen atoms in total. The molecule has 0 atom stereocenters. The van der Waals surface area contributed by atoms with E-state index in [4.69, 9.17) is 0 Å². The molecule has 0 bridgehead atoms. The van der Waals surface area contributed by atoms with Crippen molar-refractivity contribution in [2.45, 2.75) is 34.2 Å². The van der Waals surface area contributed by atoms with Gasteiger partial charge in [0.05, 0.1) is 13.1 Å². The Morgan fingerprint density at radius 2 is 1.62 bits per heavy atom. The molecule has 2 aromatic rings. The highest BCUT2D eigenvalue weighted by Gasteiger charge is 2.27. The van der Waals surface area contributed by atoms with Crippen molar-refractivity contribution in [2.75, 3.05) is 25.0 Å². The molecule has 0 aliphatic heterocycles. The Morgan fingerprint density at radius 3 is 2.21 bits per heavy atom. The molecule has 0 aromatic heterocycles. The molecular formula is C21H29N2O+. The number of nitrogens with zero attached hydrogens (tertiary/aromatic N) is 1. The van der Waals surface area contributed by atoms with E-state index < -0.39 is 0 Å². The molecule has 0 saturated heterocycles. The van der Waals surface area contributed by atoms with E-state index in [1.165, 1.54) is 16.7 Å². The number of carbonyl (C=O) groups excluding carboxylic acids is 1. The van der Waals surface area contributed by atoms with Crippen molar-refractivity contribution < 1.29 is 9.28 Å². The molecule has 24 heavy (non-hydrogen) atoms. The minimum Gasteiger partial charge on any atom is -0.321 e. The van der Waals surface area contributed by atoms with Crippen LogP contribution >= 0.6 is 0 Å². The van der Waals surface area contributed by atoms with Gasteiger partial charge >= 0.3 is 0 Å². The number of quaternary nitrogens is 1. The van der Waals surface area contributed by atoms with Crippen LogP contribution in [0.5, 0.6) is 0 Å². The first-order chi connectivity index (χ1) is 11.5. The third-order valence-corrected chi connectivity index (χ3v) is 4.97. The van der Waals surface area contributed by atoms with Gasteiger partial charge in [0.25, 0.3) is 5.91 Å². The molecule has 0 heterocycles. The molecule has 0 aliphatic carbocycles. The number of nitrogens with one attached hydrogen (secondary N) is 1. The summed E-state index contributed by atoms with van der Waals surface area (Å²) in [4.78, 5) is 12.6. The number of hydrogen-bond donors (Lipinski definition) is 1. The van der Waals surface area contributed by atoms with Crippen molar-refractivity contribution in [3.05, 3.63) is 65.2 Å². The number of aryl methyl sites for hydroxylation is 2. The molecule has 2 aromatic carbocycles. The Kier molecular flexibility index (Phi) is 6.16. The normalized spacial score (nSPS) is 11.3. The highest BCUT2D eigenvalue weighted by Crippen LogP contribution is 2.17. The molecule has 0 spiro atoms. The van der Waals surface area contributed by atoms with Crippen LogP contribution in [-0.2, 0) is 11.3 Å². The van der Waals surface area contributed by atoms with Crippen LogP contribution in [0.3, 0.4) is 0 Å². The van der Waals surface area contributed by atoms with Crippen LogP contribution in [0.25, 0.3) is 0 Å². The lowest BCUT2D eigenvalue weighted by Crippen LogP contribution is -2.51. The Balaban J connectivity index is 2.08. The van der Waals surface area contributed by atoms with E-state index in [2.05, 4.69) is 63.3 Å². The first-order valence-corrected chi connectivity index (χ1v) is 8.74. The quantitative estimate of drug-likeness (QED) is 0.756. The second-order valence-electron chi connectivity index (χ2n) is 6.62. The van der Waals surface area contributed by atoms with E-state index in [0.29, 0.717) is 6.54 Å². The van der Waals surface area contributed by atoms with Crippen LogP contribution in [0.2, 0.25) is 0 Å². The number of anilines is 1. The van der Waals surface area contributed by atoms with E-state index in [-0.39, 0.29) is 5.91 Å². The number of hydrogen-bond acceptors (Lipinski definition) is 1. The van der Waals surface area contributed by atoms with Crippen LogP contribution in [0.4, 0.5) is 5.69 Å². The van der Waals surface area contributed by atoms with Crippen LogP contribution in [0.1, 0.15) is 30.5 Å². The average molecular weight is 325 g/mol. The van der Waals surface area contributed by atoms with Gasteiger partial charge in [0.1, 0.15) is 6.54 Å². The topological polar surface area (TPSA) is 29.1 Å². The Hall–Kier alpha value is -2.13. The number of benzene rings is 2. The van der Waals surface area contributed by atoms with Gasteiger partial charge < -0.3 is 9.80 Å². The largest absolute Gasteiger partial charge is 0.321 e. The minimum atomic E-state index is 0.0814. The van der Waals surface area contributed by atoms with E-state index in [9.17, 15) is 4.79 Å². The first-order valence-electron chi connectivity index (χ1n) is 8.74. The monoisotopic (exact) mass is 325 g/mol. The first kappa shape index (κ1) is 18.2. The van der Waals surface area contributed by atoms with Crippen molar-refractivity contribution in [1.82, 2.24) is 0 Å². The van der Waals surface area contributed by atoms with Crippen LogP contribution in [0, 0.1) is 13.8 Å². The summed E-state index contributed by atoms with van der Waals surface area (Å²) in [6, 6.07) is 16.5. The van der Waals surface area contributed by atoms with Gasteiger partial charge in [-0.1, -0.05) is 36.4 Å². The molecule has 0 aliphatic rings. The zero-order valence-electron chi connectivity index (χ0n) is 15.3. The molecule has 0 unspecified atom stereocenters. The zero-order valence-corrected chi connectivity index (χ0v) is 15.3. The highest BCUT2D eigenvalue weighted by atomic mass is 16.2. The summed E-state index contributed by atoms with van der Waals surface area (Å²) < 4.78 is 0.765. The van der Waals surface area contributed by atoms with Gasteiger partial charge in [-0.15, -0.1) is 0 Å². The number of likely N-dealkylation sites (N-methyl/N-ethyl adjacent to an activating group) is 1. The number of carbonyl (C=O) groups is 1. The Morgan fingerprint density at radius 1 is 0.958 bits per heavy atom. The van der Waals surface area contributed by atoms with Gasteiger partial charge in [0, 0.05) is 11.3 Å². The van der Waals surface area contributed by atoms with Gasteiger partial charge in [0.2, 0.25) is 0 Å². The summed E-state index contributed by atoms with van der Waals surface area (Å²) in [5.74, 6) is 0.0814. The fourth-order valence-electron chi connectivity index (χ4n) is 3.02. The maximum atomic E-state index is 12.6. The summed E-state index contributed by atoms with van der Waals surface area (Å²) in [7, 11) is 0. The minimum absolute atomic E-state index is 0.0814. The maximum Gasteiger partial charge on any atom is 0.279 e. The molecule has 0 saturated carbocycles. The molecular weight excluding hydrogens is 296 g/mol. The number of amides is 1. The Bertz CT molecular complexity index is 675. The summed E-state index contributed by atoms with van der Waals surface area (Å²) in [5, 5.41) is 3.07. The Labute approximate surface area is 145 Å². The van der Waals surface area contributed by atoms with Crippen LogP contribution in [0.15, 0.2) is 48.5 Å². The van der Waals surface area contributed by atoms with Gasteiger partial charge in [-0.2, -0.15) is 0 Å². The van der Waals surface area contributed by atoms with Gasteiger partial charge in [-0.3, -0.25) is 4.79 Å². The molecule has 2 rings (SSSR count). The molecule has 1 amide bonds. The maximum absolute atomic E-state index is 12.6. The van der Waals surface area contributed by atoms with E-state index >= 15 is 0 Å². The lowest BCUT2D eigenvalue weighted by atomic mass is 10.1. The lowest BCUT2D eigenvalue weighted by molar-refractivity contribution is -0.930. The van der Waals surface area contributed by atoms with Crippen LogP contribution in [-0.4, -0.2) is 30.0 Å². The SMILES string of the molecule is CC[N+](CC)(CC(=O)Nc1ccc(C)c(C)c1)Cc1ccccc1. The second kappa shape index (κ2) is 8.11. The third kappa shape index (κ3) is 4.68. The predicted octanol–water partition coefficient (Wildman–Crippen LogP) is 4.30. The van der Waals surface area contributed by atoms with Crippen molar-refractivity contribution in [3.8, 4) is 0 Å². The van der Waals surface area contributed by atoms with Crippen LogP contribution < -0.4 is 5.32 Å². The predicted molar refractivity (Wildman–Crippen MR) is 101 cm³/mol. The highest BCUT2D eigenvalue weighted by molar-refractivity contribution is 5.91. The standard InChI is InChI=1S/C21H28N2O/c1-5-23(6-2,15-19-10-8-7-9-11-19)16-21(24)22-20-13-12-17(3)18(4)14-20/h7-14H,5-6,15-16H2,1-4H3/p+1. The van der Waals surface area contributed by atoms with Gasteiger partial charge in [0.15, 0.2) is 6.54 Å². The number of rotatable bonds is 7. The third-order valence-electron chi connectivity index (χ3n) is 4.97. The smallest absolute Gasteiger partial charge is 0.279 e. The van der Waals surface area contributed by atoms with Crippen molar-refractivity contribution in [2.24, 2.45) is 0 Å². The fourth-order valence-corrected chi connectivity index (χ4v) is 3.02. The van der Waals surface area contributed by atoms with Gasteiger partial charge in [-0.25, -0.2) is 0 Å². The summed E-state index contributed by atoms with van der Waals surface area (Å²) in [6.07, 6.45) is 0. The summed E-state index contributed by atoms with van der Waals surface area (Å²) >= 11 is 0. The van der Waals surface area contributed by atoms with Gasteiger partial charge in [-0.05, 0) is 51.0 Å². The lowest BCUT2D eigenvalue weighted by Gasteiger charge is -2.36. The van der Waals surface area contributed by atoms with E-state index in [1.54, 1.807) is 0 Å². The average Bonchev–Trinajstić information content (AvgIpc) is 2.58. The van der Waals surface area contributed by atoms with E-state index in [1.807, 2.05) is 18.2 Å². The van der Waals surface area contributed by atoms with Crippen molar-refractivity contribution in [3.63, 3.8) is 0 Å². The molecule has 0 fully saturated rings. The van der Waals surface area contributed by atoms with Crippen molar-refractivity contribution in [1.29, 1.82) is 0 Å². The van der Waals surface area contributed by atoms with E-state index in [0.717, 1.165) is 29.8 Å². The van der Waals surface area contributed by atoms with Crippen molar-refractivity contribution >= 4 is 11.6 Å². The summed E-state index contributed by atoms with van der Waals surface area (Å²) in [6.45, 7) is 11.7. The zero-order chi connectivity index (χ0) is 17.6. The summed E-state index contributed by atoms with van der Waals surface area (Å²) in [5.41, 5.74) is 4.60. The second-order valence-corrected chi connectivity index (χ2v) is 6.62. The molecule has 128 valence electrons. The molecule has 0 radical (unpaired) electrons.